The Labute approximate surface area is 118 Å². The van der Waals surface area contributed by atoms with E-state index in [1.165, 1.54) is 0 Å². The highest BCUT2D eigenvalue weighted by atomic mass is 79.9. The van der Waals surface area contributed by atoms with Crippen LogP contribution in [0.4, 0.5) is 0 Å². The Balaban J connectivity index is 2.34. The molecule has 0 N–H and O–H groups in total. The molecule has 1 aromatic carbocycles. The topological polar surface area (TPSA) is 40.1 Å². The Morgan fingerprint density at radius 2 is 1.78 bits per heavy atom. The number of aliphatic carboxylic acids is 1. The van der Waals surface area contributed by atoms with Crippen molar-refractivity contribution in [3.05, 3.63) is 35.9 Å². The molecule has 0 aromatic heterocycles. The van der Waals surface area contributed by atoms with Gasteiger partial charge < -0.3 is 9.90 Å². The van der Waals surface area contributed by atoms with Crippen molar-refractivity contribution < 1.29 is 9.90 Å². The maximum absolute atomic E-state index is 11.1. The van der Waals surface area contributed by atoms with Gasteiger partial charge in [-0.25, -0.2) is 0 Å². The maximum atomic E-state index is 11.1. The molecule has 18 heavy (non-hydrogen) atoms. The number of carbonyl (C=O) groups excluding carboxylic acids is 1. The first kappa shape index (κ1) is 15.2. The summed E-state index contributed by atoms with van der Waals surface area (Å²) in [5.41, 5.74) is 1.08. The molecular weight excluding hydrogens is 292 g/mol. The second kappa shape index (κ2) is 9.15. The van der Waals surface area contributed by atoms with E-state index in [4.69, 9.17) is 0 Å². The summed E-state index contributed by atoms with van der Waals surface area (Å²) in [6, 6.07) is 9.77. The van der Waals surface area contributed by atoms with Crippen LogP contribution in [-0.4, -0.2) is 11.3 Å². The van der Waals surface area contributed by atoms with E-state index < -0.39 is 5.97 Å². The highest BCUT2D eigenvalue weighted by Gasteiger charge is 2.10. The molecule has 0 bridgehead atoms. The first-order valence-corrected chi connectivity index (χ1v) is 7.67. The summed E-state index contributed by atoms with van der Waals surface area (Å²) in [6.45, 7) is 0. The summed E-state index contributed by atoms with van der Waals surface area (Å²) in [7, 11) is 0. The van der Waals surface area contributed by atoms with Crippen LogP contribution in [0.5, 0.6) is 0 Å². The van der Waals surface area contributed by atoms with Crippen LogP contribution in [-0.2, 0) is 11.2 Å². The minimum Gasteiger partial charge on any atom is -0.550 e. The van der Waals surface area contributed by atoms with Crippen LogP contribution >= 0.6 is 15.9 Å². The number of unbranched alkanes of at least 4 members (excludes halogenated alkanes) is 3. The molecule has 0 radical (unpaired) electrons. The van der Waals surface area contributed by atoms with Gasteiger partial charge in [0.2, 0.25) is 0 Å². The van der Waals surface area contributed by atoms with Crippen LogP contribution in [0.25, 0.3) is 0 Å². The molecule has 0 aliphatic carbocycles. The fourth-order valence-electron chi connectivity index (χ4n) is 2.04. The molecular formula is C15H20BrO2-. The highest BCUT2D eigenvalue weighted by molar-refractivity contribution is 9.09. The Morgan fingerprint density at radius 1 is 1.11 bits per heavy atom. The van der Waals surface area contributed by atoms with Crippen molar-refractivity contribution in [3.8, 4) is 0 Å². The van der Waals surface area contributed by atoms with Gasteiger partial charge in [-0.3, -0.25) is 0 Å². The van der Waals surface area contributed by atoms with Crippen molar-refractivity contribution in [1.29, 1.82) is 0 Å². The van der Waals surface area contributed by atoms with Gasteiger partial charge in [0.05, 0.1) is 0 Å². The van der Waals surface area contributed by atoms with E-state index in [9.17, 15) is 9.90 Å². The Kier molecular flexibility index (Phi) is 7.74. The third-order valence-electron chi connectivity index (χ3n) is 3.09. The third-order valence-corrected chi connectivity index (χ3v) is 3.66. The van der Waals surface area contributed by atoms with E-state index in [0.29, 0.717) is 6.42 Å². The maximum Gasteiger partial charge on any atom is 0.0448 e. The summed E-state index contributed by atoms with van der Waals surface area (Å²) in [5, 5.41) is 12.1. The molecule has 2 nitrogen and oxygen atoms in total. The monoisotopic (exact) mass is 311 g/mol. The van der Waals surface area contributed by atoms with Gasteiger partial charge in [-0.2, -0.15) is 0 Å². The molecule has 0 saturated heterocycles. The molecule has 0 aliphatic rings. The van der Waals surface area contributed by atoms with Gasteiger partial charge >= 0.3 is 0 Å². The fraction of sp³-hybridized carbons (Fsp3) is 0.533. The SMILES string of the molecule is O=C([O-])C(CCCCCCBr)Cc1ccccc1. The summed E-state index contributed by atoms with van der Waals surface area (Å²) in [4.78, 5) is 11.1. The lowest BCUT2D eigenvalue weighted by Gasteiger charge is -2.18. The van der Waals surface area contributed by atoms with Gasteiger partial charge in [0.15, 0.2) is 0 Å². The number of carboxylic acid groups (broad SMARTS) is 1. The van der Waals surface area contributed by atoms with Gasteiger partial charge in [-0.1, -0.05) is 65.5 Å². The van der Waals surface area contributed by atoms with E-state index in [1.807, 2.05) is 30.3 Å². The molecule has 1 rings (SSSR count). The zero-order valence-corrected chi connectivity index (χ0v) is 12.2. The molecule has 0 spiro atoms. The summed E-state index contributed by atoms with van der Waals surface area (Å²) < 4.78 is 0. The highest BCUT2D eigenvalue weighted by Crippen LogP contribution is 2.16. The lowest BCUT2D eigenvalue weighted by atomic mass is 9.94. The minimum absolute atomic E-state index is 0.351. The number of carboxylic acids is 1. The van der Waals surface area contributed by atoms with Gasteiger partial charge in [0, 0.05) is 17.2 Å². The van der Waals surface area contributed by atoms with Gasteiger partial charge in [-0.05, 0) is 24.8 Å². The number of rotatable bonds is 9. The number of halogens is 1. The van der Waals surface area contributed by atoms with Gasteiger partial charge in [-0.15, -0.1) is 0 Å². The molecule has 1 atom stereocenters. The molecule has 0 aliphatic heterocycles. The first-order chi connectivity index (χ1) is 8.74. The zero-order chi connectivity index (χ0) is 13.2. The normalized spacial score (nSPS) is 12.3. The average molecular weight is 312 g/mol. The number of benzene rings is 1. The van der Waals surface area contributed by atoms with E-state index in [0.717, 1.165) is 43.0 Å². The van der Waals surface area contributed by atoms with Crippen LogP contribution in [0.3, 0.4) is 0 Å². The van der Waals surface area contributed by atoms with Crippen LogP contribution in [0.15, 0.2) is 30.3 Å². The predicted molar refractivity (Wildman–Crippen MR) is 75.5 cm³/mol. The van der Waals surface area contributed by atoms with Crippen molar-refractivity contribution in [2.45, 2.75) is 38.5 Å². The quantitative estimate of drug-likeness (QED) is 0.519. The van der Waals surface area contributed by atoms with E-state index >= 15 is 0 Å². The van der Waals surface area contributed by atoms with E-state index in [2.05, 4.69) is 15.9 Å². The zero-order valence-electron chi connectivity index (χ0n) is 10.6. The average Bonchev–Trinajstić information content (AvgIpc) is 2.38. The Hall–Kier alpha value is -0.830. The van der Waals surface area contributed by atoms with Crippen molar-refractivity contribution >= 4 is 21.9 Å². The first-order valence-electron chi connectivity index (χ1n) is 6.54. The fourth-order valence-corrected chi connectivity index (χ4v) is 2.44. The van der Waals surface area contributed by atoms with Crippen LogP contribution < -0.4 is 5.11 Å². The van der Waals surface area contributed by atoms with Crippen LogP contribution in [0, 0.1) is 5.92 Å². The molecule has 100 valence electrons. The minimum atomic E-state index is -0.917. The molecule has 1 aromatic rings. The Morgan fingerprint density at radius 3 is 2.39 bits per heavy atom. The Bertz CT molecular complexity index is 338. The second-order valence-electron chi connectivity index (χ2n) is 4.60. The molecule has 0 saturated carbocycles. The van der Waals surface area contributed by atoms with Crippen molar-refractivity contribution in [1.82, 2.24) is 0 Å². The van der Waals surface area contributed by atoms with Crippen molar-refractivity contribution in [3.63, 3.8) is 0 Å². The predicted octanol–water partition coefficient (Wildman–Crippen LogP) is 2.94. The van der Waals surface area contributed by atoms with Gasteiger partial charge in [0.25, 0.3) is 0 Å². The smallest absolute Gasteiger partial charge is 0.0448 e. The molecule has 1 unspecified atom stereocenters. The summed E-state index contributed by atoms with van der Waals surface area (Å²) >= 11 is 3.39. The molecule has 3 heteroatoms. The third kappa shape index (κ3) is 6.20. The number of carbonyl (C=O) groups is 1. The van der Waals surface area contributed by atoms with E-state index in [-0.39, 0.29) is 5.92 Å². The number of hydrogen-bond donors (Lipinski definition) is 0. The number of alkyl halides is 1. The van der Waals surface area contributed by atoms with Crippen LogP contribution in [0.1, 0.15) is 37.7 Å². The lowest BCUT2D eigenvalue weighted by molar-refractivity contribution is -0.311. The number of hydrogen-bond acceptors (Lipinski definition) is 2. The molecule has 0 amide bonds. The standard InChI is InChI=1S/C15H21BrO2/c16-11-7-2-1-6-10-14(15(17)18)12-13-8-4-3-5-9-13/h3-5,8-9,14H,1-2,6-7,10-12H2,(H,17,18)/p-1. The lowest BCUT2D eigenvalue weighted by Crippen LogP contribution is -2.32. The summed E-state index contributed by atoms with van der Waals surface area (Å²) in [5.74, 6) is -1.27. The largest absolute Gasteiger partial charge is 0.550 e. The van der Waals surface area contributed by atoms with Gasteiger partial charge in [0.1, 0.15) is 0 Å². The van der Waals surface area contributed by atoms with Crippen molar-refractivity contribution in [2.24, 2.45) is 5.92 Å². The van der Waals surface area contributed by atoms with E-state index in [1.54, 1.807) is 0 Å². The molecule has 0 fully saturated rings. The summed E-state index contributed by atoms with van der Waals surface area (Å²) in [6.07, 6.45) is 5.70. The van der Waals surface area contributed by atoms with Crippen molar-refractivity contribution in [2.75, 3.05) is 5.33 Å². The second-order valence-corrected chi connectivity index (χ2v) is 5.39. The molecule has 0 heterocycles. The van der Waals surface area contributed by atoms with Crippen LogP contribution in [0.2, 0.25) is 0 Å².